The number of pyridine rings is 1. The normalized spacial score (nSPS) is 10.6. The van der Waals surface area contributed by atoms with E-state index in [1.807, 2.05) is 36.4 Å². The molecule has 0 spiro atoms. The van der Waals surface area contributed by atoms with Crippen molar-refractivity contribution in [1.82, 2.24) is 4.98 Å². The molecule has 0 atom stereocenters. The lowest BCUT2D eigenvalue weighted by Gasteiger charge is -2.13. The average molecular weight is 402 g/mol. The quantitative estimate of drug-likeness (QED) is 0.403. The number of carbonyl (C=O) groups is 1. The number of nitrogens with two attached hydrogens (primary N) is 1. The van der Waals surface area contributed by atoms with Crippen LogP contribution in [-0.4, -0.2) is 10.9 Å². The number of nitrogens with one attached hydrogen (secondary N) is 2. The maximum atomic E-state index is 13.6. The van der Waals surface area contributed by atoms with E-state index in [1.54, 1.807) is 31.5 Å². The van der Waals surface area contributed by atoms with Crippen LogP contribution in [0.15, 0.2) is 77.5 Å². The molecule has 0 fully saturated rings. The van der Waals surface area contributed by atoms with Crippen LogP contribution in [0, 0.1) is 12.7 Å². The zero-order valence-corrected chi connectivity index (χ0v) is 16.1. The van der Waals surface area contributed by atoms with Crippen molar-refractivity contribution < 1.29 is 13.6 Å². The number of aryl methyl sites for hydroxylation is 1. The summed E-state index contributed by atoms with van der Waals surface area (Å²) >= 11 is 0. The third-order valence-corrected chi connectivity index (χ3v) is 4.44. The molecule has 7 heteroatoms. The maximum absolute atomic E-state index is 13.6. The van der Waals surface area contributed by atoms with E-state index < -0.39 is 5.91 Å². The van der Waals surface area contributed by atoms with E-state index in [0.29, 0.717) is 11.4 Å². The molecule has 6 nitrogen and oxygen atoms in total. The second-order valence-electron chi connectivity index (χ2n) is 6.81. The highest BCUT2D eigenvalue weighted by atomic mass is 19.1. The number of hydrogen-bond acceptors (Lipinski definition) is 5. The first-order chi connectivity index (χ1) is 14.5. The van der Waals surface area contributed by atoms with Crippen LogP contribution in [0.5, 0.6) is 0 Å². The van der Waals surface area contributed by atoms with Crippen molar-refractivity contribution in [2.75, 3.05) is 10.6 Å². The highest BCUT2D eigenvalue weighted by Gasteiger charge is 2.12. The van der Waals surface area contributed by atoms with E-state index in [4.69, 9.17) is 10.2 Å². The fourth-order valence-corrected chi connectivity index (χ4v) is 3.09. The standard InChI is InChI=1S/C23H19FN4O2/c1-14-9-16(24)11-18(10-14)28-23-20(22(25)29)12-19(13-26-23)27-17-6-4-15(5-7-17)21-3-2-8-30-21/h2-13,27H,1H3,(H2,25,29)(H,26,28). The minimum atomic E-state index is -0.644. The number of carbonyl (C=O) groups excluding carboxylic acids is 1. The van der Waals surface area contributed by atoms with Gasteiger partial charge in [0.2, 0.25) is 0 Å². The molecule has 0 unspecified atom stereocenters. The summed E-state index contributed by atoms with van der Waals surface area (Å²) in [5.41, 5.74) is 9.30. The molecule has 30 heavy (non-hydrogen) atoms. The Bertz CT molecular complexity index is 1170. The van der Waals surface area contributed by atoms with Crippen LogP contribution in [0.25, 0.3) is 11.3 Å². The molecule has 2 heterocycles. The Morgan fingerprint density at radius 2 is 1.80 bits per heavy atom. The number of amides is 1. The molecule has 0 aliphatic heterocycles. The highest BCUT2D eigenvalue weighted by Crippen LogP contribution is 2.26. The van der Waals surface area contributed by atoms with Gasteiger partial charge in [-0.2, -0.15) is 0 Å². The van der Waals surface area contributed by atoms with Crippen molar-refractivity contribution in [3.05, 3.63) is 90.1 Å². The number of hydrogen-bond donors (Lipinski definition) is 3. The Kier molecular flexibility index (Phi) is 5.17. The highest BCUT2D eigenvalue weighted by molar-refractivity contribution is 5.99. The molecular weight excluding hydrogens is 383 g/mol. The monoisotopic (exact) mass is 402 g/mol. The SMILES string of the molecule is Cc1cc(F)cc(Nc2ncc(Nc3ccc(-c4ccco4)cc3)cc2C(N)=O)c1. The first-order valence-electron chi connectivity index (χ1n) is 9.23. The number of furan rings is 1. The zero-order valence-electron chi connectivity index (χ0n) is 16.1. The summed E-state index contributed by atoms with van der Waals surface area (Å²) in [5, 5.41) is 6.15. The molecule has 4 rings (SSSR count). The largest absolute Gasteiger partial charge is 0.464 e. The topological polar surface area (TPSA) is 93.2 Å². The van der Waals surface area contributed by atoms with Gasteiger partial charge in [0, 0.05) is 16.9 Å². The Balaban J connectivity index is 1.56. The molecule has 0 radical (unpaired) electrons. The molecule has 0 bridgehead atoms. The smallest absolute Gasteiger partial charge is 0.252 e. The molecule has 0 aliphatic carbocycles. The third kappa shape index (κ3) is 4.30. The van der Waals surface area contributed by atoms with Gasteiger partial charge >= 0.3 is 0 Å². The molecule has 4 N–H and O–H groups in total. The van der Waals surface area contributed by atoms with Crippen molar-refractivity contribution >= 4 is 28.8 Å². The summed E-state index contributed by atoms with van der Waals surface area (Å²) in [7, 11) is 0. The fourth-order valence-electron chi connectivity index (χ4n) is 3.09. The second kappa shape index (κ2) is 8.08. The Morgan fingerprint density at radius 3 is 2.47 bits per heavy atom. The molecule has 0 aliphatic rings. The predicted octanol–water partition coefficient (Wildman–Crippen LogP) is 5.38. The van der Waals surface area contributed by atoms with Gasteiger partial charge in [0.25, 0.3) is 5.91 Å². The maximum Gasteiger partial charge on any atom is 0.252 e. The molecule has 2 aromatic carbocycles. The van der Waals surface area contributed by atoms with E-state index >= 15 is 0 Å². The van der Waals surface area contributed by atoms with Gasteiger partial charge in [0.1, 0.15) is 17.4 Å². The van der Waals surface area contributed by atoms with Crippen LogP contribution in [0.3, 0.4) is 0 Å². The summed E-state index contributed by atoms with van der Waals surface area (Å²) in [6, 6.07) is 17.4. The van der Waals surface area contributed by atoms with Gasteiger partial charge in [-0.1, -0.05) is 0 Å². The average Bonchev–Trinajstić information content (AvgIpc) is 3.23. The molecule has 0 saturated carbocycles. The molecule has 0 saturated heterocycles. The summed E-state index contributed by atoms with van der Waals surface area (Å²) < 4.78 is 19.0. The molecule has 1 amide bonds. The number of rotatable bonds is 6. The Labute approximate surface area is 172 Å². The van der Waals surface area contributed by atoms with Crippen LogP contribution in [-0.2, 0) is 0 Å². The van der Waals surface area contributed by atoms with Crippen molar-refractivity contribution in [2.45, 2.75) is 6.92 Å². The Morgan fingerprint density at radius 1 is 1.00 bits per heavy atom. The fraction of sp³-hybridized carbons (Fsp3) is 0.0435. The first kappa shape index (κ1) is 19.2. The van der Waals surface area contributed by atoms with Crippen LogP contribution in [0.1, 0.15) is 15.9 Å². The van der Waals surface area contributed by atoms with Crippen molar-refractivity contribution in [3.63, 3.8) is 0 Å². The Hall–Kier alpha value is -4.13. The molecule has 4 aromatic rings. The number of benzene rings is 2. The van der Waals surface area contributed by atoms with Gasteiger partial charge < -0.3 is 20.8 Å². The summed E-state index contributed by atoms with van der Waals surface area (Å²) in [4.78, 5) is 16.3. The van der Waals surface area contributed by atoms with Gasteiger partial charge in [-0.15, -0.1) is 0 Å². The minimum absolute atomic E-state index is 0.189. The lowest BCUT2D eigenvalue weighted by Crippen LogP contribution is -2.15. The number of anilines is 4. The molecule has 2 aromatic heterocycles. The first-order valence-corrected chi connectivity index (χ1v) is 9.23. The summed E-state index contributed by atoms with van der Waals surface area (Å²) in [6.07, 6.45) is 3.20. The van der Waals surface area contributed by atoms with Crippen LogP contribution in [0.4, 0.5) is 27.3 Å². The van der Waals surface area contributed by atoms with E-state index in [1.165, 1.54) is 12.1 Å². The number of aromatic nitrogens is 1. The van der Waals surface area contributed by atoms with Gasteiger partial charge in [-0.3, -0.25) is 4.79 Å². The lowest BCUT2D eigenvalue weighted by molar-refractivity contribution is 0.100. The van der Waals surface area contributed by atoms with Gasteiger partial charge in [0.15, 0.2) is 0 Å². The van der Waals surface area contributed by atoms with E-state index in [9.17, 15) is 9.18 Å². The molecule has 150 valence electrons. The van der Waals surface area contributed by atoms with Crippen molar-refractivity contribution in [1.29, 1.82) is 0 Å². The predicted molar refractivity (Wildman–Crippen MR) is 115 cm³/mol. The van der Waals surface area contributed by atoms with E-state index in [0.717, 1.165) is 22.6 Å². The van der Waals surface area contributed by atoms with Gasteiger partial charge in [-0.05, 0) is 73.2 Å². The molecular formula is C23H19FN4O2. The second-order valence-corrected chi connectivity index (χ2v) is 6.81. The third-order valence-electron chi connectivity index (χ3n) is 4.44. The summed E-state index contributed by atoms with van der Waals surface area (Å²) in [5.74, 6) is 0.0119. The van der Waals surface area contributed by atoms with Crippen LogP contribution in [0.2, 0.25) is 0 Å². The van der Waals surface area contributed by atoms with E-state index in [2.05, 4.69) is 15.6 Å². The summed E-state index contributed by atoms with van der Waals surface area (Å²) in [6.45, 7) is 1.78. The van der Waals surface area contributed by atoms with Gasteiger partial charge in [-0.25, -0.2) is 9.37 Å². The number of primary amides is 1. The van der Waals surface area contributed by atoms with Gasteiger partial charge in [0.05, 0.1) is 23.7 Å². The van der Waals surface area contributed by atoms with Crippen LogP contribution < -0.4 is 16.4 Å². The zero-order chi connectivity index (χ0) is 21.1. The van der Waals surface area contributed by atoms with Crippen molar-refractivity contribution in [3.8, 4) is 11.3 Å². The number of halogens is 1. The van der Waals surface area contributed by atoms with Crippen molar-refractivity contribution in [2.24, 2.45) is 5.73 Å². The van der Waals surface area contributed by atoms with E-state index in [-0.39, 0.29) is 17.2 Å². The van der Waals surface area contributed by atoms with Crippen LogP contribution >= 0.6 is 0 Å². The number of nitrogens with zero attached hydrogens (tertiary/aromatic N) is 1. The lowest BCUT2D eigenvalue weighted by atomic mass is 10.1. The minimum Gasteiger partial charge on any atom is -0.464 e.